The molecule has 0 bridgehead atoms. The zero-order chi connectivity index (χ0) is 18.1. The SMILES string of the molecule is COc1cc2c(cc1OC)[C@@H](Cc1c[nH]c3ccccc13)N(C=O)CC2. The zero-order valence-electron chi connectivity index (χ0n) is 15.0. The minimum Gasteiger partial charge on any atom is -0.493 e. The second kappa shape index (κ2) is 6.75. The molecule has 0 unspecified atom stereocenters. The Labute approximate surface area is 152 Å². The molecule has 26 heavy (non-hydrogen) atoms. The van der Waals surface area contributed by atoms with E-state index in [0.717, 1.165) is 36.1 Å². The van der Waals surface area contributed by atoms with Gasteiger partial charge in [0.15, 0.2) is 11.5 Å². The van der Waals surface area contributed by atoms with Crippen molar-refractivity contribution in [1.82, 2.24) is 9.88 Å². The molecule has 2 aromatic carbocycles. The molecule has 134 valence electrons. The van der Waals surface area contributed by atoms with Gasteiger partial charge >= 0.3 is 0 Å². The number of carbonyl (C=O) groups is 1. The van der Waals surface area contributed by atoms with Crippen LogP contribution < -0.4 is 9.47 Å². The average molecular weight is 350 g/mol. The van der Waals surface area contributed by atoms with Crippen LogP contribution in [0.1, 0.15) is 22.7 Å². The van der Waals surface area contributed by atoms with Crippen molar-refractivity contribution >= 4 is 17.3 Å². The molecule has 1 amide bonds. The molecular formula is C21H22N2O3. The molecule has 2 heterocycles. The van der Waals surface area contributed by atoms with Gasteiger partial charge in [0, 0.05) is 23.6 Å². The van der Waals surface area contributed by atoms with Crippen LogP contribution in [0.2, 0.25) is 0 Å². The molecular weight excluding hydrogens is 328 g/mol. The van der Waals surface area contributed by atoms with Crippen LogP contribution in [0.4, 0.5) is 0 Å². The Morgan fingerprint density at radius 2 is 1.96 bits per heavy atom. The van der Waals surface area contributed by atoms with Crippen LogP contribution in [0, 0.1) is 0 Å². The number of rotatable bonds is 5. The first-order valence-electron chi connectivity index (χ1n) is 8.76. The Morgan fingerprint density at radius 1 is 1.19 bits per heavy atom. The van der Waals surface area contributed by atoms with E-state index in [1.807, 2.05) is 35.4 Å². The summed E-state index contributed by atoms with van der Waals surface area (Å²) in [4.78, 5) is 16.9. The van der Waals surface area contributed by atoms with Crippen LogP contribution in [0.3, 0.4) is 0 Å². The first-order chi connectivity index (χ1) is 12.7. The number of aromatic amines is 1. The van der Waals surface area contributed by atoms with Crippen molar-refractivity contribution in [2.45, 2.75) is 18.9 Å². The van der Waals surface area contributed by atoms with E-state index in [1.165, 1.54) is 16.5 Å². The van der Waals surface area contributed by atoms with Gasteiger partial charge in [0.1, 0.15) is 0 Å². The van der Waals surface area contributed by atoms with Crippen molar-refractivity contribution < 1.29 is 14.3 Å². The number of hydrogen-bond acceptors (Lipinski definition) is 3. The van der Waals surface area contributed by atoms with Gasteiger partial charge in [-0.3, -0.25) is 4.79 Å². The van der Waals surface area contributed by atoms with E-state index in [2.05, 4.69) is 17.1 Å². The molecule has 1 aromatic heterocycles. The molecule has 1 atom stereocenters. The molecule has 5 heteroatoms. The third kappa shape index (κ3) is 2.69. The predicted molar refractivity (Wildman–Crippen MR) is 101 cm³/mol. The number of aromatic nitrogens is 1. The molecule has 1 aliphatic heterocycles. The summed E-state index contributed by atoms with van der Waals surface area (Å²) in [5.74, 6) is 1.43. The van der Waals surface area contributed by atoms with Gasteiger partial charge in [0.25, 0.3) is 0 Å². The minimum atomic E-state index is -0.0183. The largest absolute Gasteiger partial charge is 0.493 e. The van der Waals surface area contributed by atoms with Crippen LogP contribution in [0.5, 0.6) is 11.5 Å². The van der Waals surface area contributed by atoms with Crippen molar-refractivity contribution in [2.75, 3.05) is 20.8 Å². The van der Waals surface area contributed by atoms with Crippen LogP contribution in [-0.2, 0) is 17.6 Å². The number of nitrogens with zero attached hydrogens (tertiary/aromatic N) is 1. The minimum absolute atomic E-state index is 0.0183. The smallest absolute Gasteiger partial charge is 0.210 e. The Balaban J connectivity index is 1.78. The first kappa shape index (κ1) is 16.5. The Bertz CT molecular complexity index is 948. The number of H-pyrrole nitrogens is 1. The van der Waals surface area contributed by atoms with Gasteiger partial charge in [0.2, 0.25) is 6.41 Å². The number of ether oxygens (including phenoxy) is 2. The maximum atomic E-state index is 11.7. The summed E-state index contributed by atoms with van der Waals surface area (Å²) in [6.07, 6.45) is 4.58. The summed E-state index contributed by atoms with van der Waals surface area (Å²) in [5.41, 5.74) is 4.67. The highest BCUT2D eigenvalue weighted by molar-refractivity contribution is 5.83. The predicted octanol–water partition coefficient (Wildman–Crippen LogP) is 3.48. The molecule has 0 fully saturated rings. The van der Waals surface area contributed by atoms with Crippen LogP contribution >= 0.6 is 0 Å². The highest BCUT2D eigenvalue weighted by Gasteiger charge is 2.29. The monoisotopic (exact) mass is 350 g/mol. The van der Waals surface area contributed by atoms with Crippen molar-refractivity contribution in [3.05, 3.63) is 59.3 Å². The van der Waals surface area contributed by atoms with Gasteiger partial charge in [-0.05, 0) is 47.7 Å². The van der Waals surface area contributed by atoms with Crippen molar-refractivity contribution in [3.63, 3.8) is 0 Å². The Morgan fingerprint density at radius 3 is 2.73 bits per heavy atom. The number of benzene rings is 2. The van der Waals surface area contributed by atoms with E-state index in [-0.39, 0.29) is 6.04 Å². The molecule has 0 aliphatic carbocycles. The van der Waals surface area contributed by atoms with Gasteiger partial charge < -0.3 is 19.4 Å². The van der Waals surface area contributed by atoms with Crippen molar-refractivity contribution in [1.29, 1.82) is 0 Å². The third-order valence-electron chi connectivity index (χ3n) is 5.27. The number of hydrogen-bond donors (Lipinski definition) is 1. The number of nitrogens with one attached hydrogen (secondary N) is 1. The molecule has 0 spiro atoms. The first-order valence-corrected chi connectivity index (χ1v) is 8.76. The molecule has 0 saturated carbocycles. The van der Waals surface area contributed by atoms with E-state index in [1.54, 1.807) is 14.2 Å². The highest BCUT2D eigenvalue weighted by atomic mass is 16.5. The lowest BCUT2D eigenvalue weighted by atomic mass is 9.88. The molecule has 0 radical (unpaired) electrons. The van der Waals surface area contributed by atoms with Gasteiger partial charge in [-0.2, -0.15) is 0 Å². The maximum absolute atomic E-state index is 11.7. The summed E-state index contributed by atoms with van der Waals surface area (Å²) in [6, 6.07) is 12.3. The van der Waals surface area contributed by atoms with E-state index in [0.29, 0.717) is 12.3 Å². The fourth-order valence-corrected chi connectivity index (χ4v) is 3.91. The lowest BCUT2D eigenvalue weighted by Crippen LogP contribution is -2.35. The summed E-state index contributed by atoms with van der Waals surface area (Å²) in [7, 11) is 3.29. The molecule has 0 saturated heterocycles. The van der Waals surface area contributed by atoms with E-state index in [9.17, 15) is 4.79 Å². The maximum Gasteiger partial charge on any atom is 0.210 e. The highest BCUT2D eigenvalue weighted by Crippen LogP contribution is 2.39. The summed E-state index contributed by atoms with van der Waals surface area (Å²) >= 11 is 0. The molecule has 3 aromatic rings. The summed E-state index contributed by atoms with van der Waals surface area (Å²) < 4.78 is 10.9. The topological polar surface area (TPSA) is 54.6 Å². The van der Waals surface area contributed by atoms with Crippen LogP contribution in [-0.4, -0.2) is 37.1 Å². The second-order valence-corrected chi connectivity index (χ2v) is 6.58. The Kier molecular flexibility index (Phi) is 4.29. The lowest BCUT2D eigenvalue weighted by Gasteiger charge is -2.35. The van der Waals surface area contributed by atoms with Gasteiger partial charge in [-0.25, -0.2) is 0 Å². The summed E-state index contributed by atoms with van der Waals surface area (Å²) in [6.45, 7) is 0.707. The van der Waals surface area contributed by atoms with Crippen molar-refractivity contribution in [2.24, 2.45) is 0 Å². The molecule has 4 rings (SSSR count). The van der Waals surface area contributed by atoms with Crippen LogP contribution in [0.15, 0.2) is 42.6 Å². The van der Waals surface area contributed by atoms with Gasteiger partial charge in [-0.1, -0.05) is 18.2 Å². The Hall–Kier alpha value is -2.95. The standard InChI is InChI=1S/C21H22N2O3/c1-25-20-10-14-7-8-23(13-24)19(17(14)11-21(20)26-2)9-15-12-22-18-6-4-3-5-16(15)18/h3-6,10-13,19,22H,7-9H2,1-2H3/t19-/m1/s1. The number of carbonyl (C=O) groups excluding carboxylic acids is 1. The van der Waals surface area contributed by atoms with Gasteiger partial charge in [-0.15, -0.1) is 0 Å². The quantitative estimate of drug-likeness (QED) is 0.717. The second-order valence-electron chi connectivity index (χ2n) is 6.58. The number of methoxy groups -OCH3 is 2. The normalized spacial score (nSPS) is 16.4. The fourth-order valence-electron chi connectivity index (χ4n) is 3.91. The molecule has 5 nitrogen and oxygen atoms in total. The van der Waals surface area contributed by atoms with Gasteiger partial charge in [0.05, 0.1) is 20.3 Å². The van der Waals surface area contributed by atoms with Crippen molar-refractivity contribution in [3.8, 4) is 11.5 Å². The number of fused-ring (bicyclic) bond motifs is 2. The summed E-state index contributed by atoms with van der Waals surface area (Å²) in [5, 5.41) is 1.20. The number of para-hydroxylation sites is 1. The van der Waals surface area contributed by atoms with E-state index < -0.39 is 0 Å². The lowest BCUT2D eigenvalue weighted by molar-refractivity contribution is -0.120. The van der Waals surface area contributed by atoms with E-state index >= 15 is 0 Å². The van der Waals surface area contributed by atoms with E-state index in [4.69, 9.17) is 9.47 Å². The number of amides is 1. The third-order valence-corrected chi connectivity index (χ3v) is 5.27. The molecule has 1 N–H and O–H groups in total. The zero-order valence-corrected chi connectivity index (χ0v) is 15.0. The average Bonchev–Trinajstić information content (AvgIpc) is 3.10. The molecule has 1 aliphatic rings. The fraction of sp³-hybridized carbons (Fsp3) is 0.286. The van der Waals surface area contributed by atoms with Crippen LogP contribution in [0.25, 0.3) is 10.9 Å².